The smallest absolute Gasteiger partial charge is 0.254 e. The number of carbonyl (C=O) groups is 2. The molecule has 2 aliphatic rings. The molecular formula is C25H22N2O3. The van der Waals surface area contributed by atoms with Gasteiger partial charge in [0, 0.05) is 25.2 Å². The first-order valence-electron chi connectivity index (χ1n) is 10.0. The highest BCUT2D eigenvalue weighted by Gasteiger charge is 2.40. The summed E-state index contributed by atoms with van der Waals surface area (Å²) in [7, 11) is 0. The zero-order valence-electron chi connectivity index (χ0n) is 16.8. The van der Waals surface area contributed by atoms with Crippen LogP contribution >= 0.6 is 0 Å². The number of rotatable bonds is 3. The summed E-state index contributed by atoms with van der Waals surface area (Å²) in [6.07, 6.45) is 1.31. The van der Waals surface area contributed by atoms with E-state index in [1.165, 1.54) is 6.08 Å². The Labute approximate surface area is 174 Å². The van der Waals surface area contributed by atoms with Crippen LogP contribution in [0.15, 0.2) is 61.2 Å². The second-order valence-corrected chi connectivity index (χ2v) is 8.07. The van der Waals surface area contributed by atoms with Gasteiger partial charge in [-0.1, -0.05) is 36.9 Å². The summed E-state index contributed by atoms with van der Waals surface area (Å²) in [6, 6.07) is 15.5. The molecule has 1 N–H and O–H groups in total. The summed E-state index contributed by atoms with van der Waals surface area (Å²) >= 11 is 0. The fourth-order valence-electron chi connectivity index (χ4n) is 4.57. The van der Waals surface area contributed by atoms with E-state index in [4.69, 9.17) is 0 Å². The van der Waals surface area contributed by atoms with Crippen molar-refractivity contribution in [2.45, 2.75) is 19.5 Å². The molecule has 150 valence electrons. The maximum absolute atomic E-state index is 13.2. The zero-order chi connectivity index (χ0) is 21.0. The zero-order valence-corrected chi connectivity index (χ0v) is 16.8. The third-order valence-corrected chi connectivity index (χ3v) is 6.21. The molecule has 0 aromatic heterocycles. The fraction of sp³-hybridized carbons (Fsp3) is 0.200. The molecule has 0 atom stereocenters. The molecule has 0 bridgehead atoms. The molecule has 0 aliphatic carbocycles. The van der Waals surface area contributed by atoms with Gasteiger partial charge in [-0.05, 0) is 64.2 Å². The molecule has 0 radical (unpaired) electrons. The molecule has 0 saturated carbocycles. The number of aromatic hydroxyl groups is 1. The number of nitrogens with zero attached hydrogens (tertiary/aromatic N) is 2. The average molecular weight is 398 g/mol. The SMILES string of the molecule is C=CC(=O)N1CC(N2Cc3cc(C)c(-c4cc(O)cc5ccccc45)cc3C2=O)C1. The summed E-state index contributed by atoms with van der Waals surface area (Å²) < 4.78 is 0. The molecule has 0 spiro atoms. The minimum absolute atomic E-state index is 0.00594. The molecule has 1 fully saturated rings. The highest BCUT2D eigenvalue weighted by atomic mass is 16.3. The number of fused-ring (bicyclic) bond motifs is 2. The lowest BCUT2D eigenvalue weighted by Crippen LogP contribution is -2.60. The summed E-state index contributed by atoms with van der Waals surface area (Å²) in [5.41, 5.74) is 4.66. The molecule has 3 aromatic carbocycles. The Balaban J connectivity index is 1.51. The number of carbonyl (C=O) groups excluding carboxylic acids is 2. The molecule has 5 nitrogen and oxygen atoms in total. The Kier molecular flexibility index (Phi) is 4.13. The van der Waals surface area contributed by atoms with Crippen molar-refractivity contribution in [1.29, 1.82) is 0 Å². The van der Waals surface area contributed by atoms with Gasteiger partial charge in [-0.2, -0.15) is 0 Å². The Bertz CT molecular complexity index is 1220. The van der Waals surface area contributed by atoms with Crippen LogP contribution in [0.25, 0.3) is 21.9 Å². The Morgan fingerprint density at radius 3 is 2.63 bits per heavy atom. The maximum Gasteiger partial charge on any atom is 0.254 e. The van der Waals surface area contributed by atoms with Crippen LogP contribution in [-0.4, -0.2) is 45.9 Å². The van der Waals surface area contributed by atoms with Crippen molar-refractivity contribution in [3.63, 3.8) is 0 Å². The van der Waals surface area contributed by atoms with Gasteiger partial charge in [-0.25, -0.2) is 0 Å². The van der Waals surface area contributed by atoms with E-state index in [-0.39, 0.29) is 23.6 Å². The number of amides is 2. The highest BCUT2D eigenvalue weighted by Crippen LogP contribution is 2.38. The number of aryl methyl sites for hydroxylation is 1. The van der Waals surface area contributed by atoms with E-state index in [1.807, 2.05) is 42.2 Å². The number of phenolic OH excluding ortho intramolecular Hbond substituents is 1. The second kappa shape index (κ2) is 6.73. The van der Waals surface area contributed by atoms with E-state index in [0.717, 1.165) is 33.0 Å². The number of hydrogen-bond acceptors (Lipinski definition) is 3. The van der Waals surface area contributed by atoms with E-state index in [0.29, 0.717) is 25.2 Å². The lowest BCUT2D eigenvalue weighted by Gasteiger charge is -2.43. The van der Waals surface area contributed by atoms with Crippen molar-refractivity contribution in [2.24, 2.45) is 0 Å². The van der Waals surface area contributed by atoms with E-state index < -0.39 is 0 Å². The van der Waals surface area contributed by atoms with Crippen LogP contribution < -0.4 is 0 Å². The lowest BCUT2D eigenvalue weighted by molar-refractivity contribution is -0.132. The third-order valence-electron chi connectivity index (χ3n) is 6.21. The maximum atomic E-state index is 13.2. The molecule has 2 aliphatic heterocycles. The van der Waals surface area contributed by atoms with Gasteiger partial charge >= 0.3 is 0 Å². The van der Waals surface area contributed by atoms with Crippen molar-refractivity contribution >= 4 is 22.6 Å². The topological polar surface area (TPSA) is 60.9 Å². The largest absolute Gasteiger partial charge is 0.508 e. The van der Waals surface area contributed by atoms with Gasteiger partial charge < -0.3 is 14.9 Å². The van der Waals surface area contributed by atoms with Gasteiger partial charge in [0.05, 0.1) is 6.04 Å². The molecule has 2 amide bonds. The molecular weight excluding hydrogens is 376 g/mol. The van der Waals surface area contributed by atoms with Crippen LogP contribution in [0.5, 0.6) is 5.75 Å². The monoisotopic (exact) mass is 398 g/mol. The fourth-order valence-corrected chi connectivity index (χ4v) is 4.57. The normalized spacial score (nSPS) is 16.0. The first kappa shape index (κ1) is 18.4. The average Bonchev–Trinajstić information content (AvgIpc) is 3.00. The van der Waals surface area contributed by atoms with E-state index in [1.54, 1.807) is 17.0 Å². The van der Waals surface area contributed by atoms with Crippen molar-refractivity contribution in [3.8, 4) is 16.9 Å². The van der Waals surface area contributed by atoms with Crippen LogP contribution in [0.2, 0.25) is 0 Å². The highest BCUT2D eigenvalue weighted by molar-refractivity contribution is 6.03. The van der Waals surface area contributed by atoms with Gasteiger partial charge in [0.15, 0.2) is 0 Å². The summed E-state index contributed by atoms with van der Waals surface area (Å²) in [4.78, 5) is 28.4. The molecule has 30 heavy (non-hydrogen) atoms. The predicted molar refractivity (Wildman–Crippen MR) is 116 cm³/mol. The minimum atomic E-state index is -0.0932. The summed E-state index contributed by atoms with van der Waals surface area (Å²) in [5, 5.41) is 12.2. The molecule has 0 unspecified atom stereocenters. The Hall–Kier alpha value is -3.60. The molecule has 2 heterocycles. The molecule has 5 heteroatoms. The summed E-state index contributed by atoms with van der Waals surface area (Å²) in [5.74, 6) is 0.119. The van der Waals surface area contributed by atoms with Gasteiger partial charge in [-0.15, -0.1) is 0 Å². The van der Waals surface area contributed by atoms with E-state index >= 15 is 0 Å². The second-order valence-electron chi connectivity index (χ2n) is 8.07. The van der Waals surface area contributed by atoms with Gasteiger partial charge in [0.25, 0.3) is 5.91 Å². The van der Waals surface area contributed by atoms with E-state index in [9.17, 15) is 14.7 Å². The van der Waals surface area contributed by atoms with Gasteiger partial charge in [-0.3, -0.25) is 9.59 Å². The first-order valence-corrected chi connectivity index (χ1v) is 10.0. The number of phenols is 1. The van der Waals surface area contributed by atoms with Crippen LogP contribution in [0.1, 0.15) is 21.5 Å². The lowest BCUT2D eigenvalue weighted by atomic mass is 9.92. The van der Waals surface area contributed by atoms with Crippen LogP contribution in [0.4, 0.5) is 0 Å². The van der Waals surface area contributed by atoms with Crippen molar-refractivity contribution in [1.82, 2.24) is 9.80 Å². The van der Waals surface area contributed by atoms with Crippen molar-refractivity contribution in [2.75, 3.05) is 13.1 Å². The Morgan fingerprint density at radius 1 is 1.10 bits per heavy atom. The number of hydrogen-bond donors (Lipinski definition) is 1. The number of benzene rings is 3. The van der Waals surface area contributed by atoms with Gasteiger partial charge in [0.1, 0.15) is 5.75 Å². The van der Waals surface area contributed by atoms with E-state index in [2.05, 4.69) is 12.6 Å². The standard InChI is InChI=1S/C25H22N2O3/c1-3-24(29)26-13-18(14-26)27-12-17-8-15(2)21(11-22(17)25(27)30)23-10-19(28)9-16-6-4-5-7-20(16)23/h3-11,18,28H,1,12-14H2,2H3. The quantitative estimate of drug-likeness (QED) is 0.682. The van der Waals surface area contributed by atoms with Crippen molar-refractivity contribution in [3.05, 3.63) is 77.9 Å². The van der Waals surface area contributed by atoms with Gasteiger partial charge in [0.2, 0.25) is 5.91 Å². The molecule has 5 rings (SSSR count). The van der Waals surface area contributed by atoms with Crippen molar-refractivity contribution < 1.29 is 14.7 Å². The van der Waals surface area contributed by atoms with Crippen LogP contribution in [-0.2, 0) is 11.3 Å². The Morgan fingerprint density at radius 2 is 1.87 bits per heavy atom. The minimum Gasteiger partial charge on any atom is -0.508 e. The first-order chi connectivity index (χ1) is 14.5. The predicted octanol–water partition coefficient (Wildman–Crippen LogP) is 3.87. The molecule has 1 saturated heterocycles. The van der Waals surface area contributed by atoms with Crippen LogP contribution in [0.3, 0.4) is 0 Å². The third kappa shape index (κ3) is 2.77. The van der Waals surface area contributed by atoms with Crippen LogP contribution in [0, 0.1) is 6.92 Å². The molecule has 3 aromatic rings. The number of likely N-dealkylation sites (tertiary alicyclic amines) is 1. The summed E-state index contributed by atoms with van der Waals surface area (Å²) in [6.45, 7) is 7.22.